The highest BCUT2D eigenvalue weighted by atomic mass is 16.3. The Hall–Kier alpha value is -0.820. The van der Waals surface area contributed by atoms with E-state index < -0.39 is 0 Å². The number of unbranched alkanes of at least 4 members (excludes halogenated alkanes) is 3. The molecule has 1 aromatic rings. The Labute approximate surface area is 99.5 Å². The predicted molar refractivity (Wildman–Crippen MR) is 69.8 cm³/mol. The highest BCUT2D eigenvalue weighted by Crippen LogP contribution is 2.24. The van der Waals surface area contributed by atoms with Gasteiger partial charge in [0.2, 0.25) is 0 Å². The van der Waals surface area contributed by atoms with Crippen LogP contribution in [0.5, 0.6) is 0 Å². The van der Waals surface area contributed by atoms with Crippen molar-refractivity contribution in [3.8, 4) is 0 Å². The minimum absolute atomic E-state index is 0.275. The summed E-state index contributed by atoms with van der Waals surface area (Å²) in [4.78, 5) is 0. The van der Waals surface area contributed by atoms with Crippen molar-refractivity contribution < 1.29 is 5.11 Å². The maximum Gasteiger partial charge on any atom is 0.0499 e. The molecular formula is C15H24O. The number of hydrogen-bond donors (Lipinski definition) is 1. The van der Waals surface area contributed by atoms with Gasteiger partial charge in [-0.05, 0) is 24.5 Å². The van der Waals surface area contributed by atoms with Crippen LogP contribution in [0.3, 0.4) is 0 Å². The van der Waals surface area contributed by atoms with Crippen molar-refractivity contribution in [2.45, 2.75) is 51.9 Å². The van der Waals surface area contributed by atoms with Crippen LogP contribution in [0.25, 0.3) is 0 Å². The van der Waals surface area contributed by atoms with Crippen LogP contribution < -0.4 is 0 Å². The van der Waals surface area contributed by atoms with Crippen LogP contribution in [0.15, 0.2) is 24.3 Å². The molecule has 0 aliphatic rings. The van der Waals surface area contributed by atoms with Crippen molar-refractivity contribution in [2.24, 2.45) is 0 Å². The van der Waals surface area contributed by atoms with Crippen LogP contribution in [-0.2, 0) is 0 Å². The third-order valence-electron chi connectivity index (χ3n) is 3.25. The third kappa shape index (κ3) is 3.97. The average Bonchev–Trinajstić information content (AvgIpc) is 2.31. The molecule has 0 spiro atoms. The quantitative estimate of drug-likeness (QED) is 0.687. The minimum Gasteiger partial charge on any atom is -0.396 e. The second-order valence-electron chi connectivity index (χ2n) is 4.59. The van der Waals surface area contributed by atoms with Gasteiger partial charge in [0.05, 0.1) is 0 Å². The molecule has 1 rings (SSSR count). The Balaban J connectivity index is 2.51. The van der Waals surface area contributed by atoms with Crippen molar-refractivity contribution in [3.63, 3.8) is 0 Å². The number of aliphatic hydroxyl groups excluding tert-OH is 1. The zero-order valence-electron chi connectivity index (χ0n) is 10.6. The van der Waals surface area contributed by atoms with Gasteiger partial charge in [-0.3, -0.25) is 0 Å². The highest BCUT2D eigenvalue weighted by Gasteiger charge is 2.11. The summed E-state index contributed by atoms with van der Waals surface area (Å²) in [6.45, 7) is 4.63. The zero-order valence-corrected chi connectivity index (χ0v) is 10.6. The van der Waals surface area contributed by atoms with Crippen LogP contribution in [0.1, 0.15) is 56.1 Å². The average molecular weight is 220 g/mol. The van der Waals surface area contributed by atoms with Gasteiger partial charge >= 0.3 is 0 Å². The molecule has 1 heteroatoms. The van der Waals surface area contributed by atoms with Gasteiger partial charge in [0.15, 0.2) is 0 Å². The molecule has 90 valence electrons. The first-order valence-corrected chi connectivity index (χ1v) is 6.46. The Bertz CT molecular complexity index is 293. The van der Waals surface area contributed by atoms with Crippen LogP contribution in [0.4, 0.5) is 0 Å². The lowest BCUT2D eigenvalue weighted by atomic mass is 9.91. The maximum atomic E-state index is 9.46. The zero-order chi connectivity index (χ0) is 11.8. The molecular weight excluding hydrogens is 196 g/mol. The summed E-state index contributed by atoms with van der Waals surface area (Å²) in [5, 5.41) is 9.46. The van der Waals surface area contributed by atoms with Gasteiger partial charge in [0, 0.05) is 12.5 Å². The fraction of sp³-hybridized carbons (Fsp3) is 0.600. The molecule has 0 saturated heterocycles. The molecule has 1 atom stereocenters. The van der Waals surface area contributed by atoms with E-state index in [-0.39, 0.29) is 6.61 Å². The molecule has 0 aromatic heterocycles. The second-order valence-corrected chi connectivity index (χ2v) is 4.59. The lowest BCUT2D eigenvalue weighted by Crippen LogP contribution is -2.06. The van der Waals surface area contributed by atoms with E-state index in [4.69, 9.17) is 0 Å². The van der Waals surface area contributed by atoms with Crippen LogP contribution in [0.2, 0.25) is 0 Å². The van der Waals surface area contributed by atoms with Crippen molar-refractivity contribution in [1.29, 1.82) is 0 Å². The van der Waals surface area contributed by atoms with Crippen molar-refractivity contribution in [3.05, 3.63) is 35.4 Å². The Morgan fingerprint density at radius 2 is 1.88 bits per heavy atom. The predicted octanol–water partition coefficient (Wildman–Crippen LogP) is 4.04. The standard InChI is InChI=1S/C15H24O/c1-3-4-5-6-10-14(12-16)15-11-8-7-9-13(15)2/h7-9,11,14,16H,3-6,10,12H2,1-2H3. The van der Waals surface area contributed by atoms with Gasteiger partial charge in [-0.15, -0.1) is 0 Å². The first-order chi connectivity index (χ1) is 7.79. The van der Waals surface area contributed by atoms with Gasteiger partial charge in [0.1, 0.15) is 0 Å². The summed E-state index contributed by atoms with van der Waals surface area (Å²) in [6, 6.07) is 8.40. The normalized spacial score (nSPS) is 12.7. The first kappa shape index (κ1) is 13.2. The highest BCUT2D eigenvalue weighted by molar-refractivity contribution is 5.29. The van der Waals surface area contributed by atoms with Crippen LogP contribution in [-0.4, -0.2) is 11.7 Å². The molecule has 0 fully saturated rings. The summed E-state index contributed by atoms with van der Waals surface area (Å²) >= 11 is 0. The van der Waals surface area contributed by atoms with E-state index in [1.165, 1.54) is 36.8 Å². The monoisotopic (exact) mass is 220 g/mol. The van der Waals surface area contributed by atoms with E-state index >= 15 is 0 Å². The summed E-state index contributed by atoms with van der Waals surface area (Å²) < 4.78 is 0. The van der Waals surface area contributed by atoms with Crippen molar-refractivity contribution >= 4 is 0 Å². The first-order valence-electron chi connectivity index (χ1n) is 6.46. The number of benzene rings is 1. The SMILES string of the molecule is CCCCCCC(CO)c1ccccc1C. The molecule has 0 heterocycles. The molecule has 0 aliphatic carbocycles. The molecule has 0 aliphatic heterocycles. The van der Waals surface area contributed by atoms with Gasteiger partial charge in [0.25, 0.3) is 0 Å². The van der Waals surface area contributed by atoms with E-state index in [9.17, 15) is 5.11 Å². The fourth-order valence-corrected chi connectivity index (χ4v) is 2.21. The Kier molecular flexibility index (Phi) is 6.17. The van der Waals surface area contributed by atoms with E-state index in [1.807, 2.05) is 0 Å². The van der Waals surface area contributed by atoms with Gasteiger partial charge in [-0.25, -0.2) is 0 Å². The van der Waals surface area contributed by atoms with Crippen molar-refractivity contribution in [1.82, 2.24) is 0 Å². The molecule has 1 aromatic carbocycles. The van der Waals surface area contributed by atoms with Gasteiger partial charge < -0.3 is 5.11 Å². The second kappa shape index (κ2) is 7.45. The van der Waals surface area contributed by atoms with Crippen molar-refractivity contribution in [2.75, 3.05) is 6.61 Å². The van der Waals surface area contributed by atoms with E-state index in [0.717, 1.165) is 6.42 Å². The lowest BCUT2D eigenvalue weighted by molar-refractivity contribution is 0.256. The molecule has 0 amide bonds. The molecule has 0 saturated carbocycles. The number of rotatable bonds is 7. The van der Waals surface area contributed by atoms with E-state index in [2.05, 4.69) is 38.1 Å². The van der Waals surface area contributed by atoms with Gasteiger partial charge in [-0.2, -0.15) is 0 Å². The van der Waals surface area contributed by atoms with Gasteiger partial charge in [-0.1, -0.05) is 56.9 Å². The van der Waals surface area contributed by atoms with E-state index in [0.29, 0.717) is 5.92 Å². The minimum atomic E-state index is 0.275. The Morgan fingerprint density at radius 1 is 1.12 bits per heavy atom. The maximum absolute atomic E-state index is 9.46. The fourth-order valence-electron chi connectivity index (χ4n) is 2.21. The largest absolute Gasteiger partial charge is 0.396 e. The van der Waals surface area contributed by atoms with Crippen LogP contribution in [0, 0.1) is 6.92 Å². The smallest absolute Gasteiger partial charge is 0.0499 e. The number of aliphatic hydroxyl groups is 1. The molecule has 1 N–H and O–H groups in total. The molecule has 0 bridgehead atoms. The lowest BCUT2D eigenvalue weighted by Gasteiger charge is -2.16. The summed E-state index contributed by atoms with van der Waals surface area (Å²) in [5.74, 6) is 0.332. The molecule has 16 heavy (non-hydrogen) atoms. The number of aryl methyl sites for hydroxylation is 1. The van der Waals surface area contributed by atoms with E-state index in [1.54, 1.807) is 0 Å². The Morgan fingerprint density at radius 3 is 2.50 bits per heavy atom. The molecule has 0 radical (unpaired) electrons. The molecule has 1 unspecified atom stereocenters. The number of hydrogen-bond acceptors (Lipinski definition) is 1. The third-order valence-corrected chi connectivity index (χ3v) is 3.25. The summed E-state index contributed by atoms with van der Waals surface area (Å²) in [5.41, 5.74) is 2.62. The van der Waals surface area contributed by atoms with Crippen LogP contribution >= 0.6 is 0 Å². The molecule has 1 nitrogen and oxygen atoms in total. The summed E-state index contributed by atoms with van der Waals surface area (Å²) in [7, 11) is 0. The topological polar surface area (TPSA) is 20.2 Å². The summed E-state index contributed by atoms with van der Waals surface area (Å²) in [6.07, 6.45) is 6.22.